The van der Waals surface area contributed by atoms with Gasteiger partial charge in [-0.15, -0.1) is 4.40 Å². The number of hydrogen-bond acceptors (Lipinski definition) is 7. The Bertz CT molecular complexity index is 1130. The summed E-state index contributed by atoms with van der Waals surface area (Å²) in [5.41, 5.74) is 7.17. The van der Waals surface area contributed by atoms with Crippen LogP contribution in [0.25, 0.3) is 0 Å². The fourth-order valence-electron chi connectivity index (χ4n) is 3.83. The number of likely N-dealkylation sites (tertiary alicyclic amines) is 1. The third kappa shape index (κ3) is 4.41. The van der Waals surface area contributed by atoms with Crippen LogP contribution in [0.5, 0.6) is 5.75 Å². The standard InChI is InChI=1S/C20H24N6O4S/c1-22-17-11-13(8-9-23-17)20(27)26-10-3-2-5-14(26)12-30-16-7-4-6-15-18(16)19(21)25-31(28,29)24-15/h4,6-9,11,14,24H,2-3,5,10,12H2,1H3,(H2,21,25)(H,22,23). The Morgan fingerprint density at radius 3 is 3.00 bits per heavy atom. The lowest BCUT2D eigenvalue weighted by Gasteiger charge is -2.36. The van der Waals surface area contributed by atoms with E-state index in [2.05, 4.69) is 19.4 Å². The monoisotopic (exact) mass is 444 g/mol. The predicted molar refractivity (Wildman–Crippen MR) is 118 cm³/mol. The summed E-state index contributed by atoms with van der Waals surface area (Å²) in [5.74, 6) is 0.845. The zero-order chi connectivity index (χ0) is 22.0. The van der Waals surface area contributed by atoms with Gasteiger partial charge in [0.05, 0.1) is 17.3 Å². The topological polar surface area (TPSA) is 139 Å². The van der Waals surface area contributed by atoms with Gasteiger partial charge in [-0.2, -0.15) is 8.42 Å². The van der Waals surface area contributed by atoms with E-state index in [0.717, 1.165) is 19.3 Å². The van der Waals surface area contributed by atoms with Gasteiger partial charge in [-0.05, 0) is 43.5 Å². The Morgan fingerprint density at radius 1 is 1.35 bits per heavy atom. The summed E-state index contributed by atoms with van der Waals surface area (Å²) in [6.45, 7) is 0.895. The highest BCUT2D eigenvalue weighted by Crippen LogP contribution is 2.31. The summed E-state index contributed by atoms with van der Waals surface area (Å²) in [6.07, 6.45) is 4.33. The lowest BCUT2D eigenvalue weighted by Crippen LogP contribution is -2.46. The van der Waals surface area contributed by atoms with E-state index in [9.17, 15) is 13.2 Å². The number of carbonyl (C=O) groups excluding carboxylic acids is 1. The van der Waals surface area contributed by atoms with Crippen LogP contribution in [0.2, 0.25) is 0 Å². The summed E-state index contributed by atoms with van der Waals surface area (Å²) in [6, 6.07) is 8.29. The predicted octanol–water partition coefficient (Wildman–Crippen LogP) is 1.57. The Kier molecular flexibility index (Phi) is 5.68. The maximum absolute atomic E-state index is 13.1. The molecule has 2 aromatic rings. The average Bonchev–Trinajstić information content (AvgIpc) is 2.76. The lowest BCUT2D eigenvalue weighted by molar-refractivity contribution is 0.0528. The summed E-state index contributed by atoms with van der Waals surface area (Å²) < 4.78 is 35.4. The van der Waals surface area contributed by atoms with Gasteiger partial charge in [0, 0.05) is 25.4 Å². The van der Waals surface area contributed by atoms with Crippen LogP contribution in [0, 0.1) is 0 Å². The van der Waals surface area contributed by atoms with Gasteiger partial charge in [0.2, 0.25) is 0 Å². The first kappa shape index (κ1) is 20.9. The van der Waals surface area contributed by atoms with Crippen molar-refractivity contribution in [2.45, 2.75) is 25.3 Å². The van der Waals surface area contributed by atoms with E-state index in [4.69, 9.17) is 10.5 Å². The van der Waals surface area contributed by atoms with Crippen LogP contribution < -0.4 is 20.5 Å². The van der Waals surface area contributed by atoms with Gasteiger partial charge < -0.3 is 20.7 Å². The molecular weight excluding hydrogens is 420 g/mol. The zero-order valence-corrected chi connectivity index (χ0v) is 17.9. The molecule has 1 fully saturated rings. The molecule has 1 atom stereocenters. The van der Waals surface area contributed by atoms with Gasteiger partial charge in [0.1, 0.15) is 18.2 Å². The fourth-order valence-corrected chi connectivity index (χ4v) is 4.67. The smallest absolute Gasteiger partial charge is 0.344 e. The molecule has 0 saturated carbocycles. The molecule has 0 radical (unpaired) electrons. The van der Waals surface area contributed by atoms with Crippen molar-refractivity contribution in [1.29, 1.82) is 0 Å². The van der Waals surface area contributed by atoms with Crippen molar-refractivity contribution in [2.75, 3.05) is 30.2 Å². The van der Waals surface area contributed by atoms with E-state index in [1.807, 2.05) is 4.90 Å². The van der Waals surface area contributed by atoms with Crippen molar-refractivity contribution in [3.05, 3.63) is 47.7 Å². The maximum atomic E-state index is 13.1. The van der Waals surface area contributed by atoms with E-state index >= 15 is 0 Å². The van der Waals surface area contributed by atoms with Crippen molar-refractivity contribution >= 4 is 33.5 Å². The first-order valence-electron chi connectivity index (χ1n) is 9.97. The Morgan fingerprint density at radius 2 is 2.19 bits per heavy atom. The molecule has 164 valence electrons. The highest BCUT2D eigenvalue weighted by molar-refractivity contribution is 7.91. The Balaban J connectivity index is 1.53. The molecule has 0 bridgehead atoms. The minimum atomic E-state index is -3.86. The number of anilines is 2. The second kappa shape index (κ2) is 8.42. The molecule has 1 amide bonds. The van der Waals surface area contributed by atoms with Crippen molar-refractivity contribution in [1.82, 2.24) is 9.88 Å². The number of hydrogen-bond donors (Lipinski definition) is 3. The number of carbonyl (C=O) groups is 1. The molecule has 4 N–H and O–H groups in total. The molecule has 10 nitrogen and oxygen atoms in total. The number of nitrogens with zero attached hydrogens (tertiary/aromatic N) is 3. The largest absolute Gasteiger partial charge is 0.491 e. The van der Waals surface area contributed by atoms with Crippen molar-refractivity contribution in [3.63, 3.8) is 0 Å². The van der Waals surface area contributed by atoms with Crippen LogP contribution in [-0.4, -0.2) is 56.3 Å². The Hall–Kier alpha value is -3.34. The normalized spacial score (nSPS) is 19.6. The number of nitrogens with one attached hydrogen (secondary N) is 2. The molecule has 31 heavy (non-hydrogen) atoms. The average molecular weight is 445 g/mol. The van der Waals surface area contributed by atoms with Crippen LogP contribution in [0.3, 0.4) is 0 Å². The molecule has 11 heteroatoms. The van der Waals surface area contributed by atoms with Gasteiger partial charge in [-0.1, -0.05) is 6.07 Å². The van der Waals surface area contributed by atoms with Crippen molar-refractivity contribution < 1.29 is 17.9 Å². The molecule has 2 aliphatic heterocycles. The minimum Gasteiger partial charge on any atom is -0.491 e. The molecule has 1 saturated heterocycles. The van der Waals surface area contributed by atoms with Crippen LogP contribution in [0.1, 0.15) is 35.2 Å². The molecule has 0 aliphatic carbocycles. The quantitative estimate of drug-likeness (QED) is 0.636. The van der Waals surface area contributed by atoms with Gasteiger partial charge in [0.15, 0.2) is 5.84 Å². The van der Waals surface area contributed by atoms with E-state index in [1.54, 1.807) is 43.6 Å². The number of amidine groups is 1. The molecule has 1 aromatic heterocycles. The third-order valence-corrected chi connectivity index (χ3v) is 6.24. The second-order valence-electron chi connectivity index (χ2n) is 7.37. The molecule has 2 aliphatic rings. The first-order chi connectivity index (χ1) is 14.9. The van der Waals surface area contributed by atoms with E-state index in [1.165, 1.54) is 0 Å². The minimum absolute atomic E-state index is 0.0730. The number of benzene rings is 1. The number of pyridine rings is 1. The number of ether oxygens (including phenoxy) is 1. The number of rotatable bonds is 5. The second-order valence-corrected chi connectivity index (χ2v) is 8.71. The molecule has 3 heterocycles. The fraction of sp³-hybridized carbons (Fsp3) is 0.350. The highest BCUT2D eigenvalue weighted by Gasteiger charge is 2.30. The molecule has 4 rings (SSSR count). The third-order valence-electron chi connectivity index (χ3n) is 5.32. The van der Waals surface area contributed by atoms with Crippen molar-refractivity contribution in [3.8, 4) is 5.75 Å². The summed E-state index contributed by atoms with van der Waals surface area (Å²) in [7, 11) is -2.11. The molecule has 0 spiro atoms. The van der Waals surface area contributed by atoms with Gasteiger partial charge in [-0.25, -0.2) is 4.98 Å². The molecule has 1 aromatic carbocycles. The summed E-state index contributed by atoms with van der Waals surface area (Å²) in [4.78, 5) is 19.1. The molecule has 1 unspecified atom stereocenters. The van der Waals surface area contributed by atoms with Crippen LogP contribution >= 0.6 is 0 Å². The number of piperidine rings is 1. The summed E-state index contributed by atoms with van der Waals surface area (Å²) >= 11 is 0. The first-order valence-corrected chi connectivity index (χ1v) is 11.4. The van der Waals surface area contributed by atoms with Crippen LogP contribution in [0.15, 0.2) is 40.9 Å². The lowest BCUT2D eigenvalue weighted by atomic mass is 10.0. The number of amides is 1. The van der Waals surface area contributed by atoms with Crippen LogP contribution in [-0.2, 0) is 10.2 Å². The number of nitrogens with two attached hydrogens (primary N) is 1. The summed E-state index contributed by atoms with van der Waals surface area (Å²) in [5, 5.41) is 2.94. The van der Waals surface area contributed by atoms with E-state index in [-0.39, 0.29) is 24.4 Å². The maximum Gasteiger partial charge on any atom is 0.344 e. The van der Waals surface area contributed by atoms with Crippen molar-refractivity contribution in [2.24, 2.45) is 10.1 Å². The highest BCUT2D eigenvalue weighted by atomic mass is 32.2. The van der Waals surface area contributed by atoms with Gasteiger partial charge in [-0.3, -0.25) is 9.52 Å². The number of aromatic nitrogens is 1. The van der Waals surface area contributed by atoms with E-state index in [0.29, 0.717) is 34.9 Å². The zero-order valence-electron chi connectivity index (χ0n) is 17.0. The van der Waals surface area contributed by atoms with Gasteiger partial charge >= 0.3 is 10.2 Å². The molecular formula is C20H24N6O4S. The van der Waals surface area contributed by atoms with Crippen LogP contribution in [0.4, 0.5) is 11.5 Å². The van der Waals surface area contributed by atoms with Gasteiger partial charge in [0.25, 0.3) is 5.91 Å². The Labute approximate surface area is 180 Å². The number of fused-ring (bicyclic) bond motifs is 1. The SMILES string of the molecule is CNc1cc(C(=O)N2CCCCC2COc2cccc3c2C(N)=NS(=O)(=O)N3)ccn1. The van der Waals surface area contributed by atoms with E-state index < -0.39 is 10.2 Å².